The minimum Gasteiger partial charge on any atom is -0.493 e. The van der Waals surface area contributed by atoms with E-state index in [9.17, 15) is 13.6 Å². The fourth-order valence-electron chi connectivity index (χ4n) is 2.59. The van der Waals surface area contributed by atoms with Crippen LogP contribution in [0.3, 0.4) is 0 Å². The van der Waals surface area contributed by atoms with E-state index in [0.29, 0.717) is 30.4 Å². The summed E-state index contributed by atoms with van der Waals surface area (Å²) in [6.45, 7) is 2.51. The quantitative estimate of drug-likeness (QED) is 0.636. The number of nitrogens with zero attached hydrogens (tertiary/aromatic N) is 1. The van der Waals surface area contributed by atoms with Gasteiger partial charge < -0.3 is 14.2 Å². The molecule has 1 atom stereocenters. The molecule has 1 saturated carbocycles. The average Bonchev–Trinajstić information content (AvgIpc) is 3.52. The van der Waals surface area contributed by atoms with Crippen molar-refractivity contribution in [2.24, 2.45) is 5.92 Å². The summed E-state index contributed by atoms with van der Waals surface area (Å²) in [7, 11) is 1.10. The van der Waals surface area contributed by atoms with Gasteiger partial charge in [-0.2, -0.15) is 4.39 Å². The Kier molecular flexibility index (Phi) is 5.88. The molecule has 1 aromatic carbocycles. The fraction of sp³-hybridized carbons (Fsp3) is 0.400. The number of ether oxygens (including phenoxy) is 3. The van der Waals surface area contributed by atoms with Gasteiger partial charge in [0.1, 0.15) is 11.9 Å². The lowest BCUT2D eigenvalue weighted by atomic mass is 10.1. The van der Waals surface area contributed by atoms with Crippen LogP contribution in [0.1, 0.15) is 48.3 Å². The molecule has 1 aliphatic carbocycles. The van der Waals surface area contributed by atoms with E-state index < -0.39 is 29.3 Å². The Morgan fingerprint density at radius 3 is 2.70 bits per heavy atom. The van der Waals surface area contributed by atoms with Crippen LogP contribution in [0.5, 0.6) is 11.5 Å². The van der Waals surface area contributed by atoms with Crippen molar-refractivity contribution in [1.29, 1.82) is 0 Å². The van der Waals surface area contributed by atoms with Gasteiger partial charge in [0.2, 0.25) is 5.82 Å². The number of halogens is 2. The molecule has 5 nitrogen and oxygen atoms in total. The number of pyridine rings is 1. The Hall–Kier alpha value is -2.70. The molecule has 2 aromatic rings. The Bertz CT molecular complexity index is 824. The highest BCUT2D eigenvalue weighted by atomic mass is 19.2. The highest BCUT2D eigenvalue weighted by Crippen LogP contribution is 2.32. The number of esters is 1. The van der Waals surface area contributed by atoms with Crippen molar-refractivity contribution in [2.45, 2.75) is 32.3 Å². The molecular formula is C20H21F2NO4. The molecule has 3 rings (SSSR count). The standard InChI is InChI=1S/C20H21F2NO4/c1-3-16(15-10-13(8-9-23-15)26-11-12-4-5-12)27-17-7-6-14(20(24)25-2)18(21)19(17)22/h6-10,12,16H,3-5,11H2,1-2H3/t16-/m1/s1. The first-order valence-electron chi connectivity index (χ1n) is 8.85. The molecule has 0 amide bonds. The molecule has 1 fully saturated rings. The number of methoxy groups -OCH3 is 1. The molecule has 0 radical (unpaired) electrons. The second-order valence-electron chi connectivity index (χ2n) is 6.42. The molecule has 1 heterocycles. The SMILES string of the molecule is CC[C@@H](Oc1ccc(C(=O)OC)c(F)c1F)c1cc(OCC2CC2)ccn1. The molecule has 0 saturated heterocycles. The highest BCUT2D eigenvalue weighted by molar-refractivity contribution is 5.89. The van der Waals surface area contributed by atoms with Gasteiger partial charge in [-0.3, -0.25) is 4.98 Å². The maximum atomic E-state index is 14.3. The van der Waals surface area contributed by atoms with Gasteiger partial charge in [-0.05, 0) is 43.4 Å². The smallest absolute Gasteiger partial charge is 0.340 e. The lowest BCUT2D eigenvalue weighted by Gasteiger charge is -2.19. The zero-order valence-electron chi connectivity index (χ0n) is 15.2. The zero-order valence-corrected chi connectivity index (χ0v) is 15.2. The zero-order chi connectivity index (χ0) is 19.4. The van der Waals surface area contributed by atoms with E-state index in [1.165, 1.54) is 18.9 Å². The number of carbonyl (C=O) groups is 1. The first kappa shape index (κ1) is 19.1. The van der Waals surface area contributed by atoms with Crippen LogP contribution in [0, 0.1) is 17.6 Å². The third-order valence-electron chi connectivity index (χ3n) is 4.36. The molecule has 0 aliphatic heterocycles. The molecule has 0 N–H and O–H groups in total. The van der Waals surface area contributed by atoms with Crippen molar-refractivity contribution in [3.8, 4) is 11.5 Å². The Morgan fingerprint density at radius 1 is 1.26 bits per heavy atom. The summed E-state index contributed by atoms with van der Waals surface area (Å²) in [4.78, 5) is 15.7. The first-order chi connectivity index (χ1) is 13.0. The van der Waals surface area contributed by atoms with Gasteiger partial charge >= 0.3 is 5.97 Å². The predicted molar refractivity (Wildman–Crippen MR) is 93.8 cm³/mol. The summed E-state index contributed by atoms with van der Waals surface area (Å²) in [5, 5.41) is 0. The van der Waals surface area contributed by atoms with E-state index in [1.807, 2.05) is 6.92 Å². The van der Waals surface area contributed by atoms with E-state index in [4.69, 9.17) is 9.47 Å². The van der Waals surface area contributed by atoms with Crippen molar-refractivity contribution in [1.82, 2.24) is 4.98 Å². The molecule has 0 unspecified atom stereocenters. The molecule has 144 valence electrons. The molecule has 7 heteroatoms. The van der Waals surface area contributed by atoms with Gasteiger partial charge in [-0.25, -0.2) is 9.18 Å². The van der Waals surface area contributed by atoms with Crippen molar-refractivity contribution >= 4 is 5.97 Å². The fourth-order valence-corrected chi connectivity index (χ4v) is 2.59. The molecule has 27 heavy (non-hydrogen) atoms. The monoisotopic (exact) mass is 377 g/mol. The summed E-state index contributed by atoms with van der Waals surface area (Å²) in [5.74, 6) is -2.50. The summed E-state index contributed by atoms with van der Waals surface area (Å²) in [6.07, 6.45) is 3.86. The first-order valence-corrected chi connectivity index (χ1v) is 8.85. The van der Waals surface area contributed by atoms with Gasteiger partial charge in [0.25, 0.3) is 0 Å². The lowest BCUT2D eigenvalue weighted by Crippen LogP contribution is -2.12. The predicted octanol–water partition coefficient (Wildman–Crippen LogP) is 4.47. The van der Waals surface area contributed by atoms with Crippen LogP contribution in [-0.4, -0.2) is 24.7 Å². The second-order valence-corrected chi connectivity index (χ2v) is 6.42. The van der Waals surface area contributed by atoms with E-state index in [2.05, 4.69) is 9.72 Å². The van der Waals surface area contributed by atoms with Crippen LogP contribution in [0.4, 0.5) is 8.78 Å². The van der Waals surface area contributed by atoms with Gasteiger partial charge in [0, 0.05) is 12.3 Å². The normalized spacial score (nSPS) is 14.5. The number of rotatable bonds is 8. The van der Waals surface area contributed by atoms with Crippen molar-refractivity contribution in [3.63, 3.8) is 0 Å². The number of carbonyl (C=O) groups excluding carboxylic acids is 1. The van der Waals surface area contributed by atoms with Crippen molar-refractivity contribution in [3.05, 3.63) is 53.4 Å². The molecule has 0 bridgehead atoms. The summed E-state index contributed by atoms with van der Waals surface area (Å²) in [6, 6.07) is 5.84. The molecular weight excluding hydrogens is 356 g/mol. The molecule has 0 spiro atoms. The Balaban J connectivity index is 1.77. The van der Waals surface area contributed by atoms with Crippen molar-refractivity contribution in [2.75, 3.05) is 13.7 Å². The topological polar surface area (TPSA) is 57.7 Å². The highest BCUT2D eigenvalue weighted by Gasteiger charge is 2.24. The number of hydrogen-bond acceptors (Lipinski definition) is 5. The van der Waals surface area contributed by atoms with Gasteiger partial charge in [-0.1, -0.05) is 6.92 Å². The molecule has 1 aliphatic rings. The lowest BCUT2D eigenvalue weighted by molar-refractivity contribution is 0.0594. The number of aromatic nitrogens is 1. The number of benzene rings is 1. The van der Waals surface area contributed by atoms with Crippen molar-refractivity contribution < 1.29 is 27.8 Å². The maximum absolute atomic E-state index is 14.3. The van der Waals surface area contributed by atoms with Crippen LogP contribution in [0.25, 0.3) is 0 Å². The van der Waals surface area contributed by atoms with Crippen LogP contribution in [0.2, 0.25) is 0 Å². The van der Waals surface area contributed by atoms with Gasteiger partial charge in [0.05, 0.1) is 25.0 Å². The largest absolute Gasteiger partial charge is 0.493 e. The minimum atomic E-state index is -1.30. The summed E-state index contributed by atoms with van der Waals surface area (Å²) in [5.41, 5.74) is 0.0756. The number of hydrogen-bond donors (Lipinski definition) is 0. The van der Waals surface area contributed by atoms with Crippen LogP contribution in [-0.2, 0) is 4.74 Å². The van der Waals surface area contributed by atoms with E-state index >= 15 is 0 Å². The average molecular weight is 377 g/mol. The van der Waals surface area contributed by atoms with Crippen LogP contribution >= 0.6 is 0 Å². The van der Waals surface area contributed by atoms with E-state index in [1.54, 1.807) is 18.3 Å². The second kappa shape index (κ2) is 8.33. The maximum Gasteiger partial charge on any atom is 0.340 e. The Labute approximate surface area is 156 Å². The minimum absolute atomic E-state index is 0.293. The van der Waals surface area contributed by atoms with E-state index in [-0.39, 0.29) is 5.75 Å². The molecule has 1 aromatic heterocycles. The summed E-state index contributed by atoms with van der Waals surface area (Å²) >= 11 is 0. The summed E-state index contributed by atoms with van der Waals surface area (Å²) < 4.78 is 44.2. The van der Waals surface area contributed by atoms with E-state index in [0.717, 1.165) is 13.2 Å². The van der Waals surface area contributed by atoms with Gasteiger partial charge in [-0.15, -0.1) is 0 Å². The van der Waals surface area contributed by atoms with Crippen LogP contribution in [0.15, 0.2) is 30.5 Å². The third-order valence-corrected chi connectivity index (χ3v) is 4.36. The van der Waals surface area contributed by atoms with Crippen LogP contribution < -0.4 is 9.47 Å². The van der Waals surface area contributed by atoms with Gasteiger partial charge in [0.15, 0.2) is 11.6 Å². The Morgan fingerprint density at radius 2 is 2.04 bits per heavy atom. The third kappa shape index (κ3) is 4.53.